The molecule has 136 valence electrons. The molecule has 1 aromatic carbocycles. The summed E-state index contributed by atoms with van der Waals surface area (Å²) in [5.74, 6) is 1.67. The van der Waals surface area contributed by atoms with Crippen molar-refractivity contribution in [2.45, 2.75) is 18.9 Å². The van der Waals surface area contributed by atoms with Gasteiger partial charge in [-0.2, -0.15) is 5.10 Å². The third-order valence-electron chi connectivity index (χ3n) is 4.88. The average molecular weight is 353 g/mol. The summed E-state index contributed by atoms with van der Waals surface area (Å²) in [4.78, 5) is 14.6. The van der Waals surface area contributed by atoms with E-state index in [0.29, 0.717) is 6.54 Å². The molecule has 3 heterocycles. The highest BCUT2D eigenvalue weighted by molar-refractivity contribution is 5.93. The molecule has 2 aliphatic rings. The summed E-state index contributed by atoms with van der Waals surface area (Å²) < 4.78 is 5.90. The third kappa shape index (κ3) is 3.94. The van der Waals surface area contributed by atoms with Crippen LogP contribution < -0.4 is 20.3 Å². The number of amides is 1. The predicted octanol–water partition coefficient (Wildman–Crippen LogP) is 1.68. The number of carbonyl (C=O) groups excluding carboxylic acids is 1. The number of aromatic nitrogens is 2. The average Bonchev–Trinajstić information content (AvgIpc) is 3.36. The standard InChI is InChI=1S/C19H23N5O2/c25-19(14-8-11-24(13-14)18-2-1-9-21-23-18)22-15-3-5-16(6-4-15)26-17-7-10-20-12-17/h1-6,9,14,17,20H,7-8,10-13H2,(H,22,25)/t14-,17+/m0/s1. The number of rotatable bonds is 5. The molecule has 0 saturated carbocycles. The second-order valence-electron chi connectivity index (χ2n) is 6.76. The van der Waals surface area contributed by atoms with E-state index in [9.17, 15) is 4.79 Å². The maximum Gasteiger partial charge on any atom is 0.229 e. The van der Waals surface area contributed by atoms with E-state index in [1.807, 2.05) is 36.4 Å². The van der Waals surface area contributed by atoms with Gasteiger partial charge >= 0.3 is 0 Å². The van der Waals surface area contributed by atoms with Crippen LogP contribution >= 0.6 is 0 Å². The first-order valence-corrected chi connectivity index (χ1v) is 9.09. The molecule has 0 radical (unpaired) electrons. The number of hydrogen-bond donors (Lipinski definition) is 2. The van der Waals surface area contributed by atoms with Crippen molar-refractivity contribution in [3.05, 3.63) is 42.6 Å². The van der Waals surface area contributed by atoms with E-state index in [1.54, 1.807) is 6.20 Å². The van der Waals surface area contributed by atoms with Gasteiger partial charge in [0.2, 0.25) is 5.91 Å². The number of anilines is 2. The van der Waals surface area contributed by atoms with E-state index in [2.05, 4.69) is 25.7 Å². The fraction of sp³-hybridized carbons (Fsp3) is 0.421. The van der Waals surface area contributed by atoms with Gasteiger partial charge in [0.25, 0.3) is 0 Å². The Morgan fingerprint density at radius 1 is 1.23 bits per heavy atom. The van der Waals surface area contributed by atoms with E-state index in [-0.39, 0.29) is 17.9 Å². The van der Waals surface area contributed by atoms with E-state index in [4.69, 9.17) is 4.74 Å². The van der Waals surface area contributed by atoms with Gasteiger partial charge in [-0.3, -0.25) is 4.79 Å². The maximum atomic E-state index is 12.5. The molecule has 4 rings (SSSR count). The van der Waals surface area contributed by atoms with Gasteiger partial charge in [-0.05, 0) is 55.8 Å². The molecule has 0 spiro atoms. The van der Waals surface area contributed by atoms with Crippen LogP contribution in [-0.2, 0) is 4.79 Å². The van der Waals surface area contributed by atoms with Crippen LogP contribution in [0, 0.1) is 5.92 Å². The molecule has 2 fully saturated rings. The molecule has 1 aromatic heterocycles. The molecule has 0 bridgehead atoms. The van der Waals surface area contributed by atoms with Gasteiger partial charge in [0, 0.05) is 31.5 Å². The Bertz CT molecular complexity index is 731. The van der Waals surface area contributed by atoms with Gasteiger partial charge < -0.3 is 20.3 Å². The molecule has 7 nitrogen and oxygen atoms in total. The Kier molecular flexibility index (Phi) is 4.97. The Morgan fingerprint density at radius 2 is 2.12 bits per heavy atom. The summed E-state index contributed by atoms with van der Waals surface area (Å²) in [6.45, 7) is 3.38. The Labute approximate surface area is 152 Å². The monoisotopic (exact) mass is 353 g/mol. The second-order valence-corrected chi connectivity index (χ2v) is 6.76. The highest BCUT2D eigenvalue weighted by atomic mass is 16.5. The van der Waals surface area contributed by atoms with E-state index < -0.39 is 0 Å². The van der Waals surface area contributed by atoms with Crippen LogP contribution in [0.2, 0.25) is 0 Å². The van der Waals surface area contributed by atoms with Crippen molar-refractivity contribution < 1.29 is 9.53 Å². The lowest BCUT2D eigenvalue weighted by Gasteiger charge is -2.16. The molecular weight excluding hydrogens is 330 g/mol. The summed E-state index contributed by atoms with van der Waals surface area (Å²) in [5, 5.41) is 14.3. The van der Waals surface area contributed by atoms with Crippen molar-refractivity contribution in [1.29, 1.82) is 0 Å². The summed E-state index contributed by atoms with van der Waals surface area (Å²) in [7, 11) is 0. The highest BCUT2D eigenvalue weighted by Crippen LogP contribution is 2.24. The summed E-state index contributed by atoms with van der Waals surface area (Å²) in [6, 6.07) is 11.4. The molecule has 0 unspecified atom stereocenters. The van der Waals surface area contributed by atoms with Crippen LogP contribution in [0.15, 0.2) is 42.6 Å². The summed E-state index contributed by atoms with van der Waals surface area (Å²) in [6.07, 6.45) is 3.74. The number of ether oxygens (including phenoxy) is 1. The zero-order valence-corrected chi connectivity index (χ0v) is 14.6. The molecular formula is C19H23N5O2. The van der Waals surface area contributed by atoms with Crippen LogP contribution in [0.3, 0.4) is 0 Å². The molecule has 2 atom stereocenters. The predicted molar refractivity (Wildman–Crippen MR) is 99.3 cm³/mol. The maximum absolute atomic E-state index is 12.5. The number of carbonyl (C=O) groups is 1. The Hall–Kier alpha value is -2.67. The lowest BCUT2D eigenvalue weighted by Crippen LogP contribution is -2.27. The summed E-state index contributed by atoms with van der Waals surface area (Å²) in [5.41, 5.74) is 0.796. The van der Waals surface area contributed by atoms with Crippen molar-refractivity contribution in [1.82, 2.24) is 15.5 Å². The van der Waals surface area contributed by atoms with Gasteiger partial charge in [-0.15, -0.1) is 5.10 Å². The molecule has 2 N–H and O–H groups in total. The minimum absolute atomic E-state index is 0.0440. The molecule has 2 aliphatic heterocycles. The van der Waals surface area contributed by atoms with Crippen LogP contribution in [-0.4, -0.2) is 48.4 Å². The second kappa shape index (κ2) is 7.70. The minimum Gasteiger partial charge on any atom is -0.489 e. The zero-order valence-electron chi connectivity index (χ0n) is 14.6. The molecule has 2 saturated heterocycles. The van der Waals surface area contributed by atoms with E-state index in [1.165, 1.54) is 0 Å². The van der Waals surface area contributed by atoms with Crippen molar-refractivity contribution in [3.63, 3.8) is 0 Å². The first kappa shape index (κ1) is 16.8. The number of hydrogen-bond acceptors (Lipinski definition) is 6. The van der Waals surface area contributed by atoms with Gasteiger partial charge in [-0.25, -0.2) is 0 Å². The zero-order chi connectivity index (χ0) is 17.8. The smallest absolute Gasteiger partial charge is 0.229 e. The lowest BCUT2D eigenvalue weighted by molar-refractivity contribution is -0.119. The van der Waals surface area contributed by atoms with Gasteiger partial charge in [0.1, 0.15) is 11.9 Å². The van der Waals surface area contributed by atoms with Crippen molar-refractivity contribution in [3.8, 4) is 5.75 Å². The SMILES string of the molecule is O=C(Nc1ccc(O[C@@H]2CCNC2)cc1)[C@H]1CCN(c2cccnn2)C1. The van der Waals surface area contributed by atoms with E-state index >= 15 is 0 Å². The largest absolute Gasteiger partial charge is 0.489 e. The third-order valence-corrected chi connectivity index (χ3v) is 4.88. The van der Waals surface area contributed by atoms with Crippen LogP contribution in [0.4, 0.5) is 11.5 Å². The van der Waals surface area contributed by atoms with Crippen LogP contribution in [0.1, 0.15) is 12.8 Å². The quantitative estimate of drug-likeness (QED) is 0.851. The fourth-order valence-electron chi connectivity index (χ4n) is 3.43. The van der Waals surface area contributed by atoms with Crippen molar-refractivity contribution in [2.75, 3.05) is 36.4 Å². The topological polar surface area (TPSA) is 79.4 Å². The van der Waals surface area contributed by atoms with E-state index in [0.717, 1.165) is 49.7 Å². The van der Waals surface area contributed by atoms with Gasteiger partial charge in [0.05, 0.1) is 5.92 Å². The molecule has 1 amide bonds. The highest BCUT2D eigenvalue weighted by Gasteiger charge is 2.29. The Morgan fingerprint density at radius 3 is 2.85 bits per heavy atom. The lowest BCUT2D eigenvalue weighted by atomic mass is 10.1. The number of benzene rings is 1. The minimum atomic E-state index is -0.0440. The molecule has 2 aromatic rings. The van der Waals surface area contributed by atoms with Crippen LogP contribution in [0.5, 0.6) is 5.75 Å². The normalized spacial score (nSPS) is 22.4. The fourth-order valence-corrected chi connectivity index (χ4v) is 3.43. The van der Waals surface area contributed by atoms with Crippen LogP contribution in [0.25, 0.3) is 0 Å². The van der Waals surface area contributed by atoms with Crippen molar-refractivity contribution >= 4 is 17.4 Å². The molecule has 7 heteroatoms. The molecule has 0 aliphatic carbocycles. The van der Waals surface area contributed by atoms with Gasteiger partial charge in [0.15, 0.2) is 5.82 Å². The number of nitrogens with one attached hydrogen (secondary N) is 2. The number of nitrogens with zero attached hydrogens (tertiary/aromatic N) is 3. The van der Waals surface area contributed by atoms with Crippen molar-refractivity contribution in [2.24, 2.45) is 5.92 Å². The van der Waals surface area contributed by atoms with Gasteiger partial charge in [-0.1, -0.05) is 0 Å². The first-order valence-electron chi connectivity index (χ1n) is 9.09. The summed E-state index contributed by atoms with van der Waals surface area (Å²) >= 11 is 0. The molecule has 26 heavy (non-hydrogen) atoms. The Balaban J connectivity index is 1.30. The first-order chi connectivity index (χ1) is 12.8.